The SMILES string of the molecule is COc1cc(Br)cc(C(=O)N2CCCC2)c1. The van der Waals surface area contributed by atoms with Gasteiger partial charge in [0.25, 0.3) is 5.91 Å². The van der Waals surface area contributed by atoms with E-state index in [1.54, 1.807) is 13.2 Å². The number of amides is 1. The normalized spacial score (nSPS) is 15.2. The van der Waals surface area contributed by atoms with Crippen molar-refractivity contribution < 1.29 is 9.53 Å². The first-order chi connectivity index (χ1) is 7.70. The third kappa shape index (κ3) is 2.38. The van der Waals surface area contributed by atoms with Crippen molar-refractivity contribution in [2.75, 3.05) is 20.2 Å². The molecule has 1 aliphatic rings. The number of benzene rings is 1. The summed E-state index contributed by atoms with van der Waals surface area (Å²) in [5.41, 5.74) is 0.688. The maximum atomic E-state index is 12.1. The maximum absolute atomic E-state index is 12.1. The van der Waals surface area contributed by atoms with Gasteiger partial charge in [0.2, 0.25) is 0 Å². The third-order valence-corrected chi connectivity index (χ3v) is 3.21. The molecule has 4 heteroatoms. The van der Waals surface area contributed by atoms with Crippen molar-refractivity contribution >= 4 is 21.8 Å². The molecule has 0 saturated carbocycles. The Bertz CT molecular complexity index is 400. The largest absolute Gasteiger partial charge is 0.497 e. The number of carbonyl (C=O) groups excluding carboxylic acids is 1. The molecule has 0 atom stereocenters. The Kier molecular flexibility index (Phi) is 3.49. The number of nitrogens with zero attached hydrogens (tertiary/aromatic N) is 1. The second-order valence-electron chi connectivity index (χ2n) is 3.88. The molecule has 0 unspecified atom stereocenters. The Balaban J connectivity index is 2.24. The topological polar surface area (TPSA) is 29.5 Å². The van der Waals surface area contributed by atoms with Crippen LogP contribution in [0.5, 0.6) is 5.75 Å². The van der Waals surface area contributed by atoms with Crippen LogP contribution in [0.15, 0.2) is 22.7 Å². The molecule has 0 N–H and O–H groups in total. The first kappa shape index (κ1) is 11.5. The first-order valence-electron chi connectivity index (χ1n) is 5.34. The van der Waals surface area contributed by atoms with Crippen molar-refractivity contribution in [1.29, 1.82) is 0 Å². The predicted octanol–water partition coefficient (Wildman–Crippen LogP) is 2.69. The Morgan fingerprint density at radius 2 is 2.00 bits per heavy atom. The Labute approximate surface area is 104 Å². The van der Waals surface area contributed by atoms with Crippen LogP contribution in [0.2, 0.25) is 0 Å². The van der Waals surface area contributed by atoms with Gasteiger partial charge in [0.05, 0.1) is 7.11 Å². The highest BCUT2D eigenvalue weighted by molar-refractivity contribution is 9.10. The smallest absolute Gasteiger partial charge is 0.254 e. The molecular formula is C12H14BrNO2. The fourth-order valence-electron chi connectivity index (χ4n) is 1.91. The lowest BCUT2D eigenvalue weighted by molar-refractivity contribution is 0.0792. The van der Waals surface area contributed by atoms with Crippen LogP contribution in [0.1, 0.15) is 23.2 Å². The number of rotatable bonds is 2. The van der Waals surface area contributed by atoms with Gasteiger partial charge < -0.3 is 9.64 Å². The Morgan fingerprint density at radius 3 is 2.62 bits per heavy atom. The van der Waals surface area contributed by atoms with Gasteiger partial charge in [0, 0.05) is 23.1 Å². The second kappa shape index (κ2) is 4.87. The van der Waals surface area contributed by atoms with Crippen LogP contribution in [0.25, 0.3) is 0 Å². The number of carbonyl (C=O) groups is 1. The molecule has 86 valence electrons. The van der Waals surface area contributed by atoms with E-state index in [-0.39, 0.29) is 5.91 Å². The quantitative estimate of drug-likeness (QED) is 0.835. The highest BCUT2D eigenvalue weighted by Gasteiger charge is 2.20. The zero-order chi connectivity index (χ0) is 11.5. The first-order valence-corrected chi connectivity index (χ1v) is 6.14. The molecule has 1 aliphatic heterocycles. The van der Waals surface area contributed by atoms with Gasteiger partial charge in [0.15, 0.2) is 0 Å². The second-order valence-corrected chi connectivity index (χ2v) is 4.79. The number of hydrogen-bond acceptors (Lipinski definition) is 2. The van der Waals surface area contributed by atoms with Crippen LogP contribution >= 0.6 is 15.9 Å². The van der Waals surface area contributed by atoms with E-state index in [0.29, 0.717) is 11.3 Å². The maximum Gasteiger partial charge on any atom is 0.254 e. The van der Waals surface area contributed by atoms with E-state index >= 15 is 0 Å². The molecule has 0 aliphatic carbocycles. The molecule has 1 aromatic carbocycles. The lowest BCUT2D eigenvalue weighted by Gasteiger charge is -2.15. The lowest BCUT2D eigenvalue weighted by Crippen LogP contribution is -2.27. The minimum Gasteiger partial charge on any atom is -0.497 e. The van der Waals surface area contributed by atoms with Gasteiger partial charge in [-0.05, 0) is 31.0 Å². The summed E-state index contributed by atoms with van der Waals surface area (Å²) in [5, 5.41) is 0. The summed E-state index contributed by atoms with van der Waals surface area (Å²) >= 11 is 3.38. The van der Waals surface area contributed by atoms with E-state index in [9.17, 15) is 4.79 Å². The van der Waals surface area contributed by atoms with Crippen molar-refractivity contribution in [3.8, 4) is 5.75 Å². The molecule has 1 saturated heterocycles. The number of ether oxygens (including phenoxy) is 1. The van der Waals surface area contributed by atoms with Gasteiger partial charge >= 0.3 is 0 Å². The molecule has 1 amide bonds. The zero-order valence-corrected chi connectivity index (χ0v) is 10.8. The number of hydrogen-bond donors (Lipinski definition) is 0. The van der Waals surface area contributed by atoms with E-state index in [1.807, 2.05) is 17.0 Å². The van der Waals surface area contributed by atoms with Crippen molar-refractivity contribution in [1.82, 2.24) is 4.90 Å². The molecule has 0 bridgehead atoms. The van der Waals surface area contributed by atoms with E-state index in [1.165, 1.54) is 0 Å². The van der Waals surface area contributed by atoms with Gasteiger partial charge in [-0.2, -0.15) is 0 Å². The van der Waals surface area contributed by atoms with E-state index in [0.717, 1.165) is 30.4 Å². The van der Waals surface area contributed by atoms with Gasteiger partial charge in [-0.1, -0.05) is 15.9 Å². The summed E-state index contributed by atoms with van der Waals surface area (Å²) in [5.74, 6) is 0.800. The summed E-state index contributed by atoms with van der Waals surface area (Å²) in [6, 6.07) is 5.47. The molecule has 16 heavy (non-hydrogen) atoms. The summed E-state index contributed by atoms with van der Waals surface area (Å²) in [4.78, 5) is 14.0. The molecule has 1 fully saturated rings. The van der Waals surface area contributed by atoms with Crippen molar-refractivity contribution in [3.63, 3.8) is 0 Å². The molecular weight excluding hydrogens is 270 g/mol. The predicted molar refractivity (Wildman–Crippen MR) is 65.8 cm³/mol. The lowest BCUT2D eigenvalue weighted by atomic mass is 10.2. The summed E-state index contributed by atoms with van der Waals surface area (Å²) in [7, 11) is 1.60. The number of likely N-dealkylation sites (tertiary alicyclic amines) is 1. The van der Waals surface area contributed by atoms with Crippen LogP contribution in [-0.4, -0.2) is 31.0 Å². The van der Waals surface area contributed by atoms with E-state index < -0.39 is 0 Å². The van der Waals surface area contributed by atoms with Gasteiger partial charge in [-0.15, -0.1) is 0 Å². The minimum atomic E-state index is 0.0945. The highest BCUT2D eigenvalue weighted by Crippen LogP contribution is 2.23. The monoisotopic (exact) mass is 283 g/mol. The molecule has 3 nitrogen and oxygen atoms in total. The Hall–Kier alpha value is -1.03. The van der Waals surface area contributed by atoms with Crippen LogP contribution in [-0.2, 0) is 0 Å². The number of methoxy groups -OCH3 is 1. The summed E-state index contributed by atoms with van der Waals surface area (Å²) < 4.78 is 6.02. The average Bonchev–Trinajstić information content (AvgIpc) is 2.80. The standard InChI is InChI=1S/C12H14BrNO2/c1-16-11-7-9(6-10(13)8-11)12(15)14-4-2-3-5-14/h6-8H,2-5H2,1H3. The molecule has 1 aromatic rings. The van der Waals surface area contributed by atoms with Crippen LogP contribution < -0.4 is 4.74 Å². The number of halogens is 1. The molecule has 1 heterocycles. The van der Waals surface area contributed by atoms with E-state index in [2.05, 4.69) is 15.9 Å². The third-order valence-electron chi connectivity index (χ3n) is 2.75. The van der Waals surface area contributed by atoms with Crippen molar-refractivity contribution in [2.45, 2.75) is 12.8 Å². The average molecular weight is 284 g/mol. The van der Waals surface area contributed by atoms with Gasteiger partial charge in [0.1, 0.15) is 5.75 Å². The van der Waals surface area contributed by atoms with Crippen LogP contribution in [0, 0.1) is 0 Å². The van der Waals surface area contributed by atoms with E-state index in [4.69, 9.17) is 4.74 Å². The fraction of sp³-hybridized carbons (Fsp3) is 0.417. The van der Waals surface area contributed by atoms with Gasteiger partial charge in [-0.3, -0.25) is 4.79 Å². The molecule has 0 spiro atoms. The fourth-order valence-corrected chi connectivity index (χ4v) is 2.38. The van der Waals surface area contributed by atoms with Gasteiger partial charge in [-0.25, -0.2) is 0 Å². The van der Waals surface area contributed by atoms with Crippen molar-refractivity contribution in [2.24, 2.45) is 0 Å². The Morgan fingerprint density at radius 1 is 1.31 bits per heavy atom. The molecule has 2 rings (SSSR count). The van der Waals surface area contributed by atoms with Crippen molar-refractivity contribution in [3.05, 3.63) is 28.2 Å². The highest BCUT2D eigenvalue weighted by atomic mass is 79.9. The molecule has 0 radical (unpaired) electrons. The van der Waals surface area contributed by atoms with Crippen LogP contribution in [0.3, 0.4) is 0 Å². The minimum absolute atomic E-state index is 0.0945. The summed E-state index contributed by atoms with van der Waals surface area (Å²) in [6.45, 7) is 1.74. The van der Waals surface area contributed by atoms with Crippen LogP contribution in [0.4, 0.5) is 0 Å². The zero-order valence-electron chi connectivity index (χ0n) is 9.20. The molecule has 0 aromatic heterocycles. The summed E-state index contributed by atoms with van der Waals surface area (Å²) in [6.07, 6.45) is 2.22.